The van der Waals surface area contributed by atoms with Crippen molar-refractivity contribution < 1.29 is 57.3 Å². The number of nitrogens with zero attached hydrogens (tertiary/aromatic N) is 3. The maximum Gasteiger partial charge on any atom is 0.394 e. The fourth-order valence-corrected chi connectivity index (χ4v) is 5.94. The average molecular weight is 615 g/mol. The minimum atomic E-state index is -4.67. The van der Waals surface area contributed by atoms with Crippen molar-refractivity contribution in [3.63, 3.8) is 0 Å². The molecule has 0 radical (unpaired) electrons. The summed E-state index contributed by atoms with van der Waals surface area (Å²) in [5.74, 6) is -8.13. The first-order valence-electron chi connectivity index (χ1n) is 12.3. The second-order valence-electron chi connectivity index (χ2n) is 10.3. The fraction of sp³-hybridized carbons (Fsp3) is 0.458. The summed E-state index contributed by atoms with van der Waals surface area (Å²) in [4.78, 5) is 53.0. The number of aliphatic hydroxyl groups is 3. The Morgan fingerprint density at radius 1 is 1.19 bits per heavy atom. The number of likely N-dealkylation sites (N-methyl/N-ethyl adjacent to an activating group) is 1. The van der Waals surface area contributed by atoms with E-state index in [9.17, 15) is 44.9 Å². The van der Waals surface area contributed by atoms with E-state index in [4.69, 9.17) is 23.3 Å². The lowest BCUT2D eigenvalue weighted by molar-refractivity contribution is -0.385. The summed E-state index contributed by atoms with van der Waals surface area (Å²) in [6, 6.07) is 0.0764. The first-order chi connectivity index (χ1) is 19.2. The molecule has 230 valence electrons. The lowest BCUT2D eigenvalue weighted by atomic mass is 9.58. The number of hydrogen-bond acceptors (Lipinski definition) is 13. The highest BCUT2D eigenvalue weighted by Crippen LogP contribution is 2.54. The van der Waals surface area contributed by atoms with Crippen LogP contribution < -0.4 is 10.6 Å². The number of fused-ring (bicyclic) bond motifs is 3. The van der Waals surface area contributed by atoms with Crippen molar-refractivity contribution >= 4 is 39.2 Å². The number of rotatable bonds is 5. The number of hydrogen-bond donors (Lipinski definition) is 7. The molecule has 3 aliphatic carbocycles. The van der Waals surface area contributed by atoms with Gasteiger partial charge in [0, 0.05) is 36.8 Å². The number of phenolic OH excluding ortho intramolecular Hbond substituents is 1. The number of nitro groups is 1. The third kappa shape index (κ3) is 5.18. The van der Waals surface area contributed by atoms with Gasteiger partial charge < -0.3 is 31.1 Å². The zero-order valence-corrected chi connectivity index (χ0v) is 23.6. The lowest BCUT2D eigenvalue weighted by Crippen LogP contribution is -2.63. The van der Waals surface area contributed by atoms with Gasteiger partial charge in [0.15, 0.2) is 11.4 Å². The fourth-order valence-electron chi connectivity index (χ4n) is 5.94. The van der Waals surface area contributed by atoms with Crippen molar-refractivity contribution in [3.8, 4) is 5.75 Å². The molecular formula is C24H30N4O13S. The summed E-state index contributed by atoms with van der Waals surface area (Å²) in [6.07, 6.45) is -0.0292. The van der Waals surface area contributed by atoms with Gasteiger partial charge >= 0.3 is 16.1 Å². The number of benzene rings is 1. The predicted molar refractivity (Wildman–Crippen MR) is 143 cm³/mol. The number of aromatic hydroxyl groups is 1. The van der Waals surface area contributed by atoms with Crippen molar-refractivity contribution in [3.05, 3.63) is 50.0 Å². The standard InChI is InChI=1S/C24H28N4O9.H2O4S/c1-5-27(4)12-8-13(28(36)37)18(29)15-10(12)6-9-7-11-17(26(2)3)20(31)16(23(25)34)22(33)24(11,35)21(32)14(9)19(15)30;1-5(2,3)4/h8-9,11,17,29,31-32,35H,5-7H2,1-4H3,(H2,25,34);(H2,1,2,3,4)/t9?,11?,17-,24-;/m0./s1. The third-order valence-corrected chi connectivity index (χ3v) is 7.76. The zero-order chi connectivity index (χ0) is 32.2. The van der Waals surface area contributed by atoms with Gasteiger partial charge in [-0.05, 0) is 45.3 Å². The van der Waals surface area contributed by atoms with Gasteiger partial charge in [0.1, 0.15) is 17.1 Å². The molecule has 2 unspecified atom stereocenters. The van der Waals surface area contributed by atoms with E-state index >= 15 is 0 Å². The monoisotopic (exact) mass is 614 g/mol. The molecule has 1 aromatic carbocycles. The van der Waals surface area contributed by atoms with Gasteiger partial charge in [0.25, 0.3) is 5.91 Å². The van der Waals surface area contributed by atoms with Gasteiger partial charge in [0.05, 0.1) is 16.5 Å². The van der Waals surface area contributed by atoms with Gasteiger partial charge in [-0.15, -0.1) is 0 Å². The van der Waals surface area contributed by atoms with Gasteiger partial charge in [-0.1, -0.05) is 0 Å². The third-order valence-electron chi connectivity index (χ3n) is 7.76. The van der Waals surface area contributed by atoms with E-state index in [0.717, 1.165) is 0 Å². The van der Waals surface area contributed by atoms with Crippen LogP contribution in [0, 0.1) is 22.0 Å². The molecule has 8 N–H and O–H groups in total. The lowest BCUT2D eigenvalue weighted by Gasteiger charge is -2.50. The smallest absolute Gasteiger partial charge is 0.394 e. The van der Waals surface area contributed by atoms with Crippen LogP contribution in [-0.4, -0.2) is 105 Å². The van der Waals surface area contributed by atoms with E-state index < -0.39 is 90.4 Å². The van der Waals surface area contributed by atoms with Crippen LogP contribution in [0.4, 0.5) is 11.4 Å². The van der Waals surface area contributed by atoms with Crippen LogP contribution in [0.5, 0.6) is 5.75 Å². The average Bonchev–Trinajstić information content (AvgIpc) is 2.84. The number of ketones is 2. The normalized spacial score (nSPS) is 25.3. The number of nitrogens with two attached hydrogens (primary N) is 1. The number of primary amides is 1. The van der Waals surface area contributed by atoms with Crippen molar-refractivity contribution in [2.24, 2.45) is 17.6 Å². The zero-order valence-electron chi connectivity index (χ0n) is 22.8. The summed E-state index contributed by atoms with van der Waals surface area (Å²) in [5, 5.41) is 56.0. The van der Waals surface area contributed by atoms with E-state index in [1.807, 2.05) is 0 Å². The first kappa shape index (κ1) is 32.4. The van der Waals surface area contributed by atoms with Gasteiger partial charge in [-0.2, -0.15) is 8.42 Å². The molecule has 0 saturated carbocycles. The summed E-state index contributed by atoms with van der Waals surface area (Å²) in [5.41, 5.74) is 0.819. The van der Waals surface area contributed by atoms with Crippen LogP contribution in [0.2, 0.25) is 0 Å². The number of amides is 1. The Hall–Kier alpha value is -4.10. The number of carbonyl (C=O) groups is 3. The van der Waals surface area contributed by atoms with E-state index in [1.165, 1.54) is 11.0 Å². The first-order valence-corrected chi connectivity index (χ1v) is 13.7. The largest absolute Gasteiger partial charge is 0.510 e. The highest BCUT2D eigenvalue weighted by molar-refractivity contribution is 7.79. The Morgan fingerprint density at radius 3 is 2.19 bits per heavy atom. The van der Waals surface area contributed by atoms with Crippen molar-refractivity contribution in [2.45, 2.75) is 31.4 Å². The number of phenols is 1. The number of aliphatic hydroxyl groups excluding tert-OH is 2. The molecule has 1 amide bonds. The van der Waals surface area contributed by atoms with E-state index in [2.05, 4.69) is 0 Å². The van der Waals surface area contributed by atoms with Gasteiger partial charge in [-0.25, -0.2) is 0 Å². The number of allylic oxidation sites excluding steroid dienone is 1. The Balaban J connectivity index is 0.000000892. The quantitative estimate of drug-likeness (QED) is 0.0981. The van der Waals surface area contributed by atoms with Crippen LogP contribution in [0.1, 0.15) is 29.3 Å². The molecule has 1 aromatic rings. The van der Waals surface area contributed by atoms with E-state index in [0.29, 0.717) is 17.8 Å². The molecule has 4 rings (SSSR count). The molecule has 42 heavy (non-hydrogen) atoms. The van der Waals surface area contributed by atoms with Gasteiger partial charge in [-0.3, -0.25) is 38.5 Å². The minimum absolute atomic E-state index is 0.0414. The van der Waals surface area contributed by atoms with Crippen LogP contribution in [0.25, 0.3) is 0 Å². The highest BCUT2D eigenvalue weighted by atomic mass is 32.3. The van der Waals surface area contributed by atoms with Gasteiger partial charge in [0.2, 0.25) is 11.5 Å². The number of carbonyl (C=O) groups excluding carboxylic acids is 3. The molecule has 0 aliphatic heterocycles. The van der Waals surface area contributed by atoms with Crippen molar-refractivity contribution in [1.29, 1.82) is 0 Å². The van der Waals surface area contributed by atoms with Crippen molar-refractivity contribution in [1.82, 2.24) is 4.90 Å². The predicted octanol–water partition coefficient (Wildman–Crippen LogP) is -0.168. The summed E-state index contributed by atoms with van der Waals surface area (Å²) >= 11 is 0. The van der Waals surface area contributed by atoms with E-state index in [1.54, 1.807) is 33.0 Å². The molecule has 0 heterocycles. The topological polar surface area (TPSA) is 282 Å². The Bertz CT molecular complexity index is 1560. The molecule has 0 fully saturated rings. The van der Waals surface area contributed by atoms with Crippen molar-refractivity contribution in [2.75, 3.05) is 32.6 Å². The maximum atomic E-state index is 13.7. The van der Waals surface area contributed by atoms with Crippen LogP contribution in [0.15, 0.2) is 28.7 Å². The molecule has 0 aromatic heterocycles. The summed E-state index contributed by atoms with van der Waals surface area (Å²) < 4.78 is 31.6. The minimum Gasteiger partial charge on any atom is -0.510 e. The van der Waals surface area contributed by atoms with E-state index in [-0.39, 0.29) is 18.4 Å². The Morgan fingerprint density at radius 2 is 1.74 bits per heavy atom. The Kier molecular flexibility index (Phi) is 8.45. The molecule has 4 atom stereocenters. The summed E-state index contributed by atoms with van der Waals surface area (Å²) in [6.45, 7) is 2.23. The van der Waals surface area contributed by atoms with Crippen LogP contribution in [0.3, 0.4) is 0 Å². The molecule has 18 heteroatoms. The Labute approximate surface area is 238 Å². The molecule has 17 nitrogen and oxygen atoms in total. The molecule has 0 bridgehead atoms. The summed E-state index contributed by atoms with van der Waals surface area (Å²) in [7, 11) is 0.0803. The SMILES string of the molecule is CCN(C)c1cc([N+](=O)[O-])c(O)c2c1CC1CC3[C@H](N(C)C)C(O)=C(C(N)=O)C(=O)[C@@]3(O)C(O)=C1C2=O.O=S(=O)(O)O. The van der Waals surface area contributed by atoms with Crippen LogP contribution >= 0.6 is 0 Å². The highest BCUT2D eigenvalue weighted by Gasteiger charge is 2.63. The van der Waals surface area contributed by atoms with Crippen LogP contribution in [-0.2, 0) is 26.4 Å². The number of Topliss-reactive ketones (excluding diaryl/α,β-unsaturated/α-hetero) is 2. The maximum absolute atomic E-state index is 13.7. The number of nitro benzene ring substituents is 1. The molecular weight excluding hydrogens is 584 g/mol. The second-order valence-corrected chi connectivity index (χ2v) is 11.2. The molecule has 3 aliphatic rings. The molecule has 0 saturated heterocycles. The second kappa shape index (κ2) is 11.0. The number of anilines is 1. The molecule has 0 spiro atoms.